The molecule has 0 unspecified atom stereocenters. The lowest BCUT2D eigenvalue weighted by Crippen LogP contribution is -2.44. The van der Waals surface area contributed by atoms with Gasteiger partial charge in [0.25, 0.3) is 11.8 Å². The van der Waals surface area contributed by atoms with Gasteiger partial charge in [0.05, 0.1) is 5.56 Å². The number of carbonyl (C=O) groups is 2. The second-order valence-corrected chi connectivity index (χ2v) is 6.97. The summed E-state index contributed by atoms with van der Waals surface area (Å²) < 4.78 is 7.61. The molecule has 2 N–H and O–H groups in total. The number of benzene rings is 2. The van der Waals surface area contributed by atoms with E-state index in [1.54, 1.807) is 6.07 Å². The van der Waals surface area contributed by atoms with Crippen molar-refractivity contribution in [1.29, 1.82) is 0 Å². The molecule has 0 radical (unpaired) electrons. The van der Waals surface area contributed by atoms with Crippen LogP contribution in [0.1, 0.15) is 32.9 Å². The molecule has 0 aliphatic rings. The highest BCUT2D eigenvalue weighted by molar-refractivity contribution is 5.97. The Balaban J connectivity index is 1.62. The number of rotatable bonds is 5. The van der Waals surface area contributed by atoms with Crippen molar-refractivity contribution < 1.29 is 14.3 Å². The van der Waals surface area contributed by atoms with Crippen molar-refractivity contribution >= 4 is 11.8 Å². The van der Waals surface area contributed by atoms with Crippen molar-refractivity contribution in [2.75, 3.05) is 6.61 Å². The lowest BCUT2D eigenvalue weighted by molar-refractivity contribution is -0.123. The van der Waals surface area contributed by atoms with Gasteiger partial charge < -0.3 is 9.30 Å². The highest BCUT2D eigenvalue weighted by atomic mass is 16.5. The summed E-state index contributed by atoms with van der Waals surface area (Å²) in [7, 11) is 0. The predicted octanol–water partition coefficient (Wildman–Crippen LogP) is 3.55. The first-order valence-electron chi connectivity index (χ1n) is 9.41. The van der Waals surface area contributed by atoms with Crippen molar-refractivity contribution in [2.24, 2.45) is 0 Å². The molecule has 6 nitrogen and oxygen atoms in total. The van der Waals surface area contributed by atoms with Crippen molar-refractivity contribution in [2.45, 2.75) is 27.7 Å². The number of hydrogen-bond donors (Lipinski definition) is 2. The SMILES string of the molecule is Cc1cccc(C)c1OCC(=O)NNC(=O)c1cc(C)n(-c2ccccc2)c1C. The number of amides is 2. The Morgan fingerprint density at radius 2 is 1.55 bits per heavy atom. The summed E-state index contributed by atoms with van der Waals surface area (Å²) in [6, 6.07) is 17.4. The maximum absolute atomic E-state index is 12.6. The standard InChI is InChI=1S/C23H25N3O3/c1-15-9-8-10-16(2)22(15)29-14-21(27)24-25-23(28)20-13-17(3)26(18(20)4)19-11-6-5-7-12-19/h5-13H,14H2,1-4H3,(H,24,27)(H,25,28). The van der Waals surface area contributed by atoms with Gasteiger partial charge in [-0.05, 0) is 57.0 Å². The largest absolute Gasteiger partial charge is 0.483 e. The molecule has 150 valence electrons. The summed E-state index contributed by atoms with van der Waals surface area (Å²) in [5.41, 5.74) is 10.00. The summed E-state index contributed by atoms with van der Waals surface area (Å²) in [5.74, 6) is -0.126. The van der Waals surface area contributed by atoms with Crippen LogP contribution in [0.5, 0.6) is 5.75 Å². The summed E-state index contributed by atoms with van der Waals surface area (Å²) in [4.78, 5) is 24.7. The Labute approximate surface area is 170 Å². The Hall–Kier alpha value is -3.54. The molecule has 0 aliphatic carbocycles. The molecule has 3 aromatic rings. The molecule has 0 saturated carbocycles. The molecular formula is C23H25N3O3. The van der Waals surface area contributed by atoms with Gasteiger partial charge in [-0.15, -0.1) is 0 Å². The third kappa shape index (κ3) is 4.48. The first kappa shape index (κ1) is 20.2. The zero-order valence-electron chi connectivity index (χ0n) is 17.1. The molecule has 6 heteroatoms. The average molecular weight is 391 g/mol. The Kier molecular flexibility index (Phi) is 6.02. The zero-order chi connectivity index (χ0) is 21.0. The summed E-state index contributed by atoms with van der Waals surface area (Å²) >= 11 is 0. The molecule has 2 amide bonds. The molecule has 0 spiro atoms. The van der Waals surface area contributed by atoms with E-state index in [2.05, 4.69) is 10.9 Å². The highest BCUT2D eigenvalue weighted by Gasteiger charge is 2.17. The topological polar surface area (TPSA) is 72.4 Å². The number of para-hydroxylation sites is 2. The van der Waals surface area contributed by atoms with E-state index in [-0.39, 0.29) is 12.5 Å². The maximum Gasteiger partial charge on any atom is 0.276 e. The number of aromatic nitrogens is 1. The molecule has 0 aliphatic heterocycles. The van der Waals surface area contributed by atoms with Gasteiger partial charge in [-0.1, -0.05) is 36.4 Å². The van der Waals surface area contributed by atoms with Crippen molar-refractivity contribution in [3.8, 4) is 11.4 Å². The normalized spacial score (nSPS) is 10.5. The van der Waals surface area contributed by atoms with E-state index in [9.17, 15) is 9.59 Å². The smallest absolute Gasteiger partial charge is 0.276 e. The van der Waals surface area contributed by atoms with Crippen LogP contribution in [0.4, 0.5) is 0 Å². The molecule has 1 aromatic heterocycles. The molecule has 29 heavy (non-hydrogen) atoms. The quantitative estimate of drug-likeness (QED) is 0.654. The van der Waals surface area contributed by atoms with Gasteiger partial charge in [0.2, 0.25) is 0 Å². The monoisotopic (exact) mass is 391 g/mol. The summed E-state index contributed by atoms with van der Waals surface area (Å²) in [6.07, 6.45) is 0. The number of aryl methyl sites for hydroxylation is 3. The van der Waals surface area contributed by atoms with Gasteiger partial charge in [0.1, 0.15) is 5.75 Å². The van der Waals surface area contributed by atoms with Crippen LogP contribution in [0.15, 0.2) is 54.6 Å². The number of nitrogens with zero attached hydrogens (tertiary/aromatic N) is 1. The molecule has 0 bridgehead atoms. The number of nitrogens with one attached hydrogen (secondary N) is 2. The predicted molar refractivity (Wildman–Crippen MR) is 112 cm³/mol. The number of carbonyl (C=O) groups excluding carboxylic acids is 2. The molecule has 0 saturated heterocycles. The van der Waals surface area contributed by atoms with E-state index in [0.29, 0.717) is 11.3 Å². The number of ether oxygens (including phenoxy) is 1. The maximum atomic E-state index is 12.6. The molecule has 0 atom stereocenters. The fourth-order valence-corrected chi connectivity index (χ4v) is 3.36. The van der Waals surface area contributed by atoms with Crippen LogP contribution in [0.3, 0.4) is 0 Å². The van der Waals surface area contributed by atoms with Gasteiger partial charge in [0, 0.05) is 17.1 Å². The molecular weight excluding hydrogens is 366 g/mol. The van der Waals surface area contributed by atoms with Crippen LogP contribution in [0.25, 0.3) is 5.69 Å². The fourth-order valence-electron chi connectivity index (χ4n) is 3.36. The van der Waals surface area contributed by atoms with E-state index in [1.165, 1.54) is 0 Å². The third-order valence-corrected chi connectivity index (χ3v) is 4.76. The van der Waals surface area contributed by atoms with Crippen LogP contribution in [-0.4, -0.2) is 23.0 Å². The van der Waals surface area contributed by atoms with E-state index in [4.69, 9.17) is 4.74 Å². The van der Waals surface area contributed by atoms with Crippen molar-refractivity contribution in [1.82, 2.24) is 15.4 Å². The highest BCUT2D eigenvalue weighted by Crippen LogP contribution is 2.22. The average Bonchev–Trinajstić information content (AvgIpc) is 3.00. The summed E-state index contributed by atoms with van der Waals surface area (Å²) in [6.45, 7) is 7.47. The van der Waals surface area contributed by atoms with Crippen LogP contribution < -0.4 is 15.6 Å². The lowest BCUT2D eigenvalue weighted by Gasteiger charge is -2.12. The Bertz CT molecular complexity index is 1020. The first-order chi connectivity index (χ1) is 13.9. The molecule has 3 rings (SSSR count). The van der Waals surface area contributed by atoms with E-state index >= 15 is 0 Å². The second-order valence-electron chi connectivity index (χ2n) is 6.97. The van der Waals surface area contributed by atoms with Crippen LogP contribution >= 0.6 is 0 Å². The molecule has 2 aromatic carbocycles. The van der Waals surface area contributed by atoms with Crippen molar-refractivity contribution in [3.63, 3.8) is 0 Å². The van der Waals surface area contributed by atoms with Gasteiger partial charge >= 0.3 is 0 Å². The molecule has 1 heterocycles. The van der Waals surface area contributed by atoms with Crippen LogP contribution in [-0.2, 0) is 4.79 Å². The van der Waals surface area contributed by atoms with Gasteiger partial charge in [-0.2, -0.15) is 0 Å². The number of hydrogen-bond acceptors (Lipinski definition) is 3. The number of hydrazine groups is 1. The van der Waals surface area contributed by atoms with Gasteiger partial charge in [-0.3, -0.25) is 20.4 Å². The zero-order valence-corrected chi connectivity index (χ0v) is 17.1. The van der Waals surface area contributed by atoms with E-state index < -0.39 is 5.91 Å². The van der Waals surface area contributed by atoms with Gasteiger partial charge in [-0.25, -0.2) is 0 Å². The van der Waals surface area contributed by atoms with Crippen LogP contribution in [0.2, 0.25) is 0 Å². The fraction of sp³-hybridized carbons (Fsp3) is 0.217. The van der Waals surface area contributed by atoms with Crippen molar-refractivity contribution in [3.05, 3.63) is 82.7 Å². The third-order valence-electron chi connectivity index (χ3n) is 4.76. The van der Waals surface area contributed by atoms with E-state index in [1.807, 2.05) is 80.8 Å². The minimum absolute atomic E-state index is 0.186. The Morgan fingerprint density at radius 1 is 0.897 bits per heavy atom. The van der Waals surface area contributed by atoms with E-state index in [0.717, 1.165) is 28.2 Å². The second kappa shape index (κ2) is 8.65. The minimum atomic E-state index is -0.433. The van der Waals surface area contributed by atoms with Crippen LogP contribution in [0, 0.1) is 27.7 Å². The molecule has 0 fully saturated rings. The summed E-state index contributed by atoms with van der Waals surface area (Å²) in [5, 5.41) is 0. The first-order valence-corrected chi connectivity index (χ1v) is 9.41. The van der Waals surface area contributed by atoms with Gasteiger partial charge in [0.15, 0.2) is 6.61 Å². The lowest BCUT2D eigenvalue weighted by atomic mass is 10.1. The minimum Gasteiger partial charge on any atom is -0.483 e. The Morgan fingerprint density at radius 3 is 2.21 bits per heavy atom.